The Kier molecular flexibility index (Phi) is 7.54. The van der Waals surface area contributed by atoms with E-state index in [0.717, 1.165) is 6.42 Å². The van der Waals surface area contributed by atoms with Gasteiger partial charge in [0.25, 0.3) is 0 Å². The number of hydrogen-bond acceptors (Lipinski definition) is 4. The predicted octanol–water partition coefficient (Wildman–Crippen LogP) is 0.856. The molecule has 1 aliphatic heterocycles. The molecule has 1 saturated heterocycles. The quantitative estimate of drug-likeness (QED) is 0.466. The molecule has 0 unspecified atom stereocenters. The largest absolute Gasteiger partial charge is 0.353 e. The van der Waals surface area contributed by atoms with Crippen molar-refractivity contribution in [2.75, 3.05) is 39.4 Å². The van der Waals surface area contributed by atoms with Crippen molar-refractivity contribution >= 4 is 11.8 Å². The van der Waals surface area contributed by atoms with Gasteiger partial charge in [-0.25, -0.2) is 0 Å². The average Bonchev–Trinajstić information content (AvgIpc) is 2.43. The molecule has 0 saturated carbocycles. The summed E-state index contributed by atoms with van der Waals surface area (Å²) in [6, 6.07) is 0. The molecular weight excluding hydrogens is 260 g/mol. The van der Waals surface area contributed by atoms with Crippen molar-refractivity contribution in [3.63, 3.8) is 0 Å². The van der Waals surface area contributed by atoms with Crippen molar-refractivity contribution in [2.24, 2.45) is 0 Å². The molecule has 0 aromatic carbocycles. The number of rotatable bonds is 9. The number of carbonyl (C=O) groups is 2. The van der Waals surface area contributed by atoms with Crippen LogP contribution in [0.15, 0.2) is 0 Å². The van der Waals surface area contributed by atoms with Gasteiger partial charge in [-0.3, -0.25) is 9.59 Å². The van der Waals surface area contributed by atoms with Gasteiger partial charge in [0.05, 0.1) is 0 Å². The summed E-state index contributed by atoms with van der Waals surface area (Å²) in [5.74, 6) is -0.793. The standard InChI is InChI=1S/C14H26N2O4/c1-4-8-15-10-11-16(14(18)13(15)17)9-7-12(19-5-2)20-6-3/h12H,4-11H2,1-3H3. The van der Waals surface area contributed by atoms with E-state index in [1.165, 1.54) is 0 Å². The van der Waals surface area contributed by atoms with E-state index in [1.807, 2.05) is 20.8 Å². The first-order chi connectivity index (χ1) is 9.63. The molecule has 1 rings (SSSR count). The molecule has 0 spiro atoms. The van der Waals surface area contributed by atoms with Crippen LogP contribution in [0.3, 0.4) is 0 Å². The predicted molar refractivity (Wildman–Crippen MR) is 75.1 cm³/mol. The minimum absolute atomic E-state index is 0.304. The lowest BCUT2D eigenvalue weighted by molar-refractivity contribution is -0.160. The van der Waals surface area contributed by atoms with Crippen LogP contribution in [-0.4, -0.2) is 67.3 Å². The summed E-state index contributed by atoms with van der Waals surface area (Å²) in [6.07, 6.45) is 1.16. The number of amides is 2. The fourth-order valence-corrected chi connectivity index (χ4v) is 2.26. The average molecular weight is 286 g/mol. The van der Waals surface area contributed by atoms with Crippen LogP contribution in [0.5, 0.6) is 0 Å². The highest BCUT2D eigenvalue weighted by molar-refractivity contribution is 6.35. The van der Waals surface area contributed by atoms with E-state index in [0.29, 0.717) is 45.8 Å². The second-order valence-electron chi connectivity index (χ2n) is 4.71. The molecule has 0 N–H and O–H groups in total. The van der Waals surface area contributed by atoms with Gasteiger partial charge in [-0.15, -0.1) is 0 Å². The molecule has 1 heterocycles. The molecule has 0 aromatic rings. The monoisotopic (exact) mass is 286 g/mol. The van der Waals surface area contributed by atoms with Crippen LogP contribution in [0.2, 0.25) is 0 Å². The van der Waals surface area contributed by atoms with Crippen LogP contribution < -0.4 is 0 Å². The SMILES string of the molecule is CCCN1CCN(CCC(OCC)OCC)C(=O)C1=O. The van der Waals surface area contributed by atoms with Gasteiger partial charge in [0.15, 0.2) is 6.29 Å². The van der Waals surface area contributed by atoms with Gasteiger partial charge < -0.3 is 19.3 Å². The van der Waals surface area contributed by atoms with Crippen LogP contribution in [-0.2, 0) is 19.1 Å². The van der Waals surface area contributed by atoms with Gasteiger partial charge in [0.2, 0.25) is 0 Å². The maximum atomic E-state index is 12.0. The normalized spacial score (nSPS) is 16.4. The molecule has 0 bridgehead atoms. The van der Waals surface area contributed by atoms with Crippen molar-refractivity contribution in [1.82, 2.24) is 9.80 Å². The third-order valence-corrected chi connectivity index (χ3v) is 3.23. The Balaban J connectivity index is 2.44. The minimum atomic E-state index is -0.406. The fraction of sp³-hybridized carbons (Fsp3) is 0.857. The third kappa shape index (κ3) is 4.76. The highest BCUT2D eigenvalue weighted by Crippen LogP contribution is 2.09. The zero-order valence-corrected chi connectivity index (χ0v) is 12.8. The van der Waals surface area contributed by atoms with Crippen LogP contribution in [0, 0.1) is 0 Å². The molecule has 0 atom stereocenters. The van der Waals surface area contributed by atoms with Crippen molar-refractivity contribution in [3.8, 4) is 0 Å². The van der Waals surface area contributed by atoms with Gasteiger partial charge in [-0.1, -0.05) is 6.92 Å². The number of carbonyl (C=O) groups excluding carboxylic acids is 2. The van der Waals surface area contributed by atoms with E-state index in [4.69, 9.17) is 9.47 Å². The summed E-state index contributed by atoms with van der Waals surface area (Å²) in [7, 11) is 0. The lowest BCUT2D eigenvalue weighted by Crippen LogP contribution is -2.54. The molecule has 0 aromatic heterocycles. The van der Waals surface area contributed by atoms with Crippen molar-refractivity contribution in [2.45, 2.75) is 39.9 Å². The van der Waals surface area contributed by atoms with Gasteiger partial charge in [-0.2, -0.15) is 0 Å². The van der Waals surface area contributed by atoms with E-state index in [9.17, 15) is 9.59 Å². The van der Waals surface area contributed by atoms with Crippen LogP contribution in [0.1, 0.15) is 33.6 Å². The minimum Gasteiger partial charge on any atom is -0.353 e. The molecule has 6 nitrogen and oxygen atoms in total. The number of nitrogens with zero attached hydrogens (tertiary/aromatic N) is 2. The molecule has 1 fully saturated rings. The smallest absolute Gasteiger partial charge is 0.312 e. The molecule has 1 aliphatic rings. The Bertz CT molecular complexity index is 316. The molecule has 6 heteroatoms. The maximum absolute atomic E-state index is 12.0. The Morgan fingerprint density at radius 2 is 1.45 bits per heavy atom. The lowest BCUT2D eigenvalue weighted by Gasteiger charge is -2.34. The summed E-state index contributed by atoms with van der Waals surface area (Å²) in [6.45, 7) is 9.31. The Hall–Kier alpha value is -1.14. The van der Waals surface area contributed by atoms with Crippen LogP contribution >= 0.6 is 0 Å². The summed E-state index contributed by atoms with van der Waals surface area (Å²) >= 11 is 0. The topological polar surface area (TPSA) is 59.1 Å². The molecule has 116 valence electrons. The first kappa shape index (κ1) is 16.9. The Labute approximate surface area is 121 Å². The van der Waals surface area contributed by atoms with Crippen molar-refractivity contribution < 1.29 is 19.1 Å². The van der Waals surface area contributed by atoms with Crippen LogP contribution in [0.4, 0.5) is 0 Å². The summed E-state index contributed by atoms with van der Waals surface area (Å²) in [5.41, 5.74) is 0. The maximum Gasteiger partial charge on any atom is 0.312 e. The molecular formula is C14H26N2O4. The highest BCUT2D eigenvalue weighted by atomic mass is 16.7. The number of piperazine rings is 1. The second kappa shape index (κ2) is 8.92. The zero-order chi connectivity index (χ0) is 15.0. The third-order valence-electron chi connectivity index (χ3n) is 3.23. The molecule has 0 radical (unpaired) electrons. The summed E-state index contributed by atoms with van der Waals surface area (Å²) in [5, 5.41) is 0. The summed E-state index contributed by atoms with van der Waals surface area (Å²) < 4.78 is 10.9. The fourth-order valence-electron chi connectivity index (χ4n) is 2.26. The number of hydrogen-bond donors (Lipinski definition) is 0. The second-order valence-corrected chi connectivity index (χ2v) is 4.71. The zero-order valence-electron chi connectivity index (χ0n) is 12.8. The van der Waals surface area contributed by atoms with Crippen molar-refractivity contribution in [1.29, 1.82) is 0 Å². The molecule has 20 heavy (non-hydrogen) atoms. The van der Waals surface area contributed by atoms with Gasteiger partial charge in [0, 0.05) is 45.8 Å². The lowest BCUT2D eigenvalue weighted by atomic mass is 10.2. The number of ether oxygens (including phenoxy) is 2. The first-order valence-corrected chi connectivity index (χ1v) is 7.45. The van der Waals surface area contributed by atoms with E-state index in [-0.39, 0.29) is 12.2 Å². The first-order valence-electron chi connectivity index (χ1n) is 7.45. The van der Waals surface area contributed by atoms with E-state index in [1.54, 1.807) is 9.80 Å². The van der Waals surface area contributed by atoms with Crippen molar-refractivity contribution in [3.05, 3.63) is 0 Å². The van der Waals surface area contributed by atoms with Gasteiger partial charge in [-0.05, 0) is 20.3 Å². The van der Waals surface area contributed by atoms with Gasteiger partial charge in [0.1, 0.15) is 0 Å². The highest BCUT2D eigenvalue weighted by Gasteiger charge is 2.31. The van der Waals surface area contributed by atoms with E-state index >= 15 is 0 Å². The molecule has 0 aliphatic carbocycles. The Morgan fingerprint density at radius 1 is 0.950 bits per heavy atom. The van der Waals surface area contributed by atoms with E-state index < -0.39 is 5.91 Å². The molecule has 2 amide bonds. The van der Waals surface area contributed by atoms with E-state index in [2.05, 4.69) is 0 Å². The van der Waals surface area contributed by atoms with Crippen LogP contribution in [0.25, 0.3) is 0 Å². The van der Waals surface area contributed by atoms with Gasteiger partial charge >= 0.3 is 11.8 Å². The summed E-state index contributed by atoms with van der Waals surface area (Å²) in [4.78, 5) is 27.1. The Morgan fingerprint density at radius 3 is 1.90 bits per heavy atom.